The van der Waals surface area contributed by atoms with Gasteiger partial charge in [0.25, 0.3) is 0 Å². The minimum absolute atomic E-state index is 0.0457. The van der Waals surface area contributed by atoms with Crippen molar-refractivity contribution in [2.75, 3.05) is 32.3 Å². The normalized spacial score (nSPS) is 16.2. The van der Waals surface area contributed by atoms with Gasteiger partial charge in [-0.15, -0.1) is 0 Å². The standard InChI is InChI=1S/C19H23NO5S/c1-13-14(8-9-18(20-13)24-10-5-11-26(3,21)22)15-6-4-7-16-17(23-2)12-25-19(15)16/h4,6-9,17H,5,10-12H2,1-3H3/t17-/m1/s1. The predicted octanol–water partition coefficient (Wildman–Crippen LogP) is 2.95. The summed E-state index contributed by atoms with van der Waals surface area (Å²) in [7, 11) is -1.29. The predicted molar refractivity (Wildman–Crippen MR) is 99.5 cm³/mol. The van der Waals surface area contributed by atoms with Crippen molar-refractivity contribution < 1.29 is 22.6 Å². The van der Waals surface area contributed by atoms with Gasteiger partial charge in [0.2, 0.25) is 5.88 Å². The third kappa shape index (κ3) is 4.16. The van der Waals surface area contributed by atoms with E-state index in [0.29, 0.717) is 25.5 Å². The highest BCUT2D eigenvalue weighted by molar-refractivity contribution is 7.90. The molecule has 1 aromatic heterocycles. The van der Waals surface area contributed by atoms with Crippen molar-refractivity contribution in [1.82, 2.24) is 4.98 Å². The molecule has 0 saturated heterocycles. The second-order valence-electron chi connectivity index (χ2n) is 6.37. The second kappa shape index (κ2) is 7.63. The molecular formula is C19H23NO5S. The maximum Gasteiger partial charge on any atom is 0.213 e. The Morgan fingerprint density at radius 3 is 2.73 bits per heavy atom. The van der Waals surface area contributed by atoms with E-state index >= 15 is 0 Å². The molecule has 2 aromatic rings. The first-order valence-electron chi connectivity index (χ1n) is 8.46. The number of ether oxygens (including phenoxy) is 3. The molecule has 7 heteroatoms. The van der Waals surface area contributed by atoms with Crippen LogP contribution >= 0.6 is 0 Å². The van der Waals surface area contributed by atoms with Crippen molar-refractivity contribution >= 4 is 9.84 Å². The molecule has 2 heterocycles. The minimum atomic E-state index is -2.97. The van der Waals surface area contributed by atoms with Gasteiger partial charge in [-0.25, -0.2) is 13.4 Å². The summed E-state index contributed by atoms with van der Waals surface area (Å²) in [5.41, 5.74) is 3.83. The molecule has 140 valence electrons. The van der Waals surface area contributed by atoms with Crippen LogP contribution in [0.15, 0.2) is 30.3 Å². The third-order valence-electron chi connectivity index (χ3n) is 4.32. The Morgan fingerprint density at radius 1 is 1.23 bits per heavy atom. The van der Waals surface area contributed by atoms with Crippen molar-refractivity contribution in [3.05, 3.63) is 41.6 Å². The molecule has 0 unspecified atom stereocenters. The van der Waals surface area contributed by atoms with Crippen LogP contribution < -0.4 is 9.47 Å². The number of aromatic nitrogens is 1. The summed E-state index contributed by atoms with van der Waals surface area (Å²) in [6.07, 6.45) is 1.62. The summed E-state index contributed by atoms with van der Waals surface area (Å²) in [6.45, 7) is 2.75. The first kappa shape index (κ1) is 18.7. The lowest BCUT2D eigenvalue weighted by Gasteiger charge is -2.12. The Kier molecular flexibility index (Phi) is 5.48. The number of fused-ring (bicyclic) bond motifs is 1. The average molecular weight is 377 g/mol. The van der Waals surface area contributed by atoms with Crippen LogP contribution in [0.3, 0.4) is 0 Å². The van der Waals surface area contributed by atoms with E-state index in [1.54, 1.807) is 13.2 Å². The zero-order valence-electron chi connectivity index (χ0n) is 15.2. The van der Waals surface area contributed by atoms with E-state index in [1.807, 2.05) is 31.2 Å². The van der Waals surface area contributed by atoms with Crippen molar-refractivity contribution in [1.29, 1.82) is 0 Å². The highest BCUT2D eigenvalue weighted by Crippen LogP contribution is 2.42. The van der Waals surface area contributed by atoms with Crippen LogP contribution in [0.25, 0.3) is 11.1 Å². The molecule has 1 aromatic carbocycles. The number of hydrogen-bond acceptors (Lipinski definition) is 6. The maximum absolute atomic E-state index is 11.1. The molecule has 0 aliphatic carbocycles. The average Bonchev–Trinajstić information content (AvgIpc) is 3.01. The Balaban J connectivity index is 1.76. The number of benzene rings is 1. The van der Waals surface area contributed by atoms with E-state index < -0.39 is 9.84 Å². The Hall–Kier alpha value is -2.12. The SMILES string of the molecule is CO[C@@H]1COc2c(-c3ccc(OCCCS(C)(=O)=O)nc3C)cccc21. The molecule has 26 heavy (non-hydrogen) atoms. The molecule has 0 spiro atoms. The summed E-state index contributed by atoms with van der Waals surface area (Å²) in [5.74, 6) is 1.44. The number of para-hydroxylation sites is 1. The van der Waals surface area contributed by atoms with Crippen molar-refractivity contribution in [2.45, 2.75) is 19.4 Å². The fraction of sp³-hybridized carbons (Fsp3) is 0.421. The molecule has 0 bridgehead atoms. The number of rotatable bonds is 7. The van der Waals surface area contributed by atoms with E-state index in [0.717, 1.165) is 28.1 Å². The molecule has 0 amide bonds. The lowest BCUT2D eigenvalue weighted by atomic mass is 9.99. The zero-order chi connectivity index (χ0) is 18.7. The van der Waals surface area contributed by atoms with E-state index in [-0.39, 0.29) is 11.9 Å². The van der Waals surface area contributed by atoms with Gasteiger partial charge in [-0.2, -0.15) is 0 Å². The molecule has 0 N–H and O–H groups in total. The van der Waals surface area contributed by atoms with Gasteiger partial charge in [-0.1, -0.05) is 18.2 Å². The zero-order valence-corrected chi connectivity index (χ0v) is 16.0. The molecule has 3 rings (SSSR count). The van der Waals surface area contributed by atoms with Gasteiger partial charge >= 0.3 is 0 Å². The summed E-state index contributed by atoms with van der Waals surface area (Å²) >= 11 is 0. The Bertz CT molecular complexity index is 895. The van der Waals surface area contributed by atoms with Gasteiger partial charge in [-0.05, 0) is 19.4 Å². The van der Waals surface area contributed by atoms with Gasteiger partial charge in [0, 0.05) is 41.8 Å². The molecule has 6 nitrogen and oxygen atoms in total. The van der Waals surface area contributed by atoms with Crippen LogP contribution in [0.5, 0.6) is 11.6 Å². The second-order valence-corrected chi connectivity index (χ2v) is 8.63. The lowest BCUT2D eigenvalue weighted by Crippen LogP contribution is -2.08. The fourth-order valence-corrected chi connectivity index (χ4v) is 3.67. The number of pyridine rings is 1. The quantitative estimate of drug-likeness (QED) is 0.691. The first-order valence-corrected chi connectivity index (χ1v) is 10.5. The van der Waals surface area contributed by atoms with E-state index in [2.05, 4.69) is 4.98 Å². The first-order chi connectivity index (χ1) is 12.4. The van der Waals surface area contributed by atoms with E-state index in [1.165, 1.54) is 6.26 Å². The molecular weight excluding hydrogens is 354 g/mol. The number of nitrogens with zero attached hydrogens (tertiary/aromatic N) is 1. The maximum atomic E-state index is 11.1. The summed E-state index contributed by atoms with van der Waals surface area (Å²) in [5, 5.41) is 0. The van der Waals surface area contributed by atoms with Gasteiger partial charge in [0.05, 0.1) is 12.4 Å². The van der Waals surface area contributed by atoms with Crippen LogP contribution in [0, 0.1) is 6.92 Å². The lowest BCUT2D eigenvalue weighted by molar-refractivity contribution is 0.0818. The number of methoxy groups -OCH3 is 1. The fourth-order valence-electron chi connectivity index (χ4n) is 3.03. The van der Waals surface area contributed by atoms with E-state index in [4.69, 9.17) is 14.2 Å². The van der Waals surface area contributed by atoms with Crippen molar-refractivity contribution in [2.24, 2.45) is 0 Å². The van der Waals surface area contributed by atoms with Crippen molar-refractivity contribution in [3.8, 4) is 22.8 Å². The monoisotopic (exact) mass is 377 g/mol. The van der Waals surface area contributed by atoms with Gasteiger partial charge in [0.1, 0.15) is 28.3 Å². The highest BCUT2D eigenvalue weighted by Gasteiger charge is 2.27. The van der Waals surface area contributed by atoms with Crippen LogP contribution in [-0.4, -0.2) is 45.7 Å². The highest BCUT2D eigenvalue weighted by atomic mass is 32.2. The molecule has 0 radical (unpaired) electrons. The Morgan fingerprint density at radius 2 is 2.04 bits per heavy atom. The van der Waals surface area contributed by atoms with Crippen LogP contribution in [-0.2, 0) is 14.6 Å². The van der Waals surface area contributed by atoms with Crippen molar-refractivity contribution in [3.63, 3.8) is 0 Å². The number of aryl methyl sites for hydroxylation is 1. The number of sulfone groups is 1. The van der Waals surface area contributed by atoms with E-state index in [9.17, 15) is 8.42 Å². The summed E-state index contributed by atoms with van der Waals surface area (Å²) in [4.78, 5) is 4.49. The molecule has 0 fully saturated rings. The van der Waals surface area contributed by atoms with Gasteiger partial charge < -0.3 is 14.2 Å². The third-order valence-corrected chi connectivity index (χ3v) is 5.35. The number of hydrogen-bond donors (Lipinski definition) is 0. The van der Waals surface area contributed by atoms with Gasteiger partial charge in [0.15, 0.2) is 0 Å². The van der Waals surface area contributed by atoms with Crippen LogP contribution in [0.1, 0.15) is 23.8 Å². The molecule has 1 aliphatic heterocycles. The molecule has 1 aliphatic rings. The summed E-state index contributed by atoms with van der Waals surface area (Å²) in [6, 6.07) is 9.76. The molecule has 1 atom stereocenters. The minimum Gasteiger partial charge on any atom is -0.489 e. The largest absolute Gasteiger partial charge is 0.489 e. The van der Waals surface area contributed by atoms with Crippen LogP contribution in [0.2, 0.25) is 0 Å². The van der Waals surface area contributed by atoms with Crippen LogP contribution in [0.4, 0.5) is 0 Å². The Labute approximate surface area is 154 Å². The smallest absolute Gasteiger partial charge is 0.213 e. The summed E-state index contributed by atoms with van der Waals surface area (Å²) < 4.78 is 39.2. The topological polar surface area (TPSA) is 74.7 Å². The van der Waals surface area contributed by atoms with Gasteiger partial charge in [-0.3, -0.25) is 0 Å². The molecule has 0 saturated carbocycles.